The van der Waals surface area contributed by atoms with Crippen molar-refractivity contribution < 1.29 is 30.9 Å². The van der Waals surface area contributed by atoms with Gasteiger partial charge in [-0.25, -0.2) is 8.78 Å². The van der Waals surface area contributed by atoms with E-state index in [0.717, 1.165) is 36.7 Å². The number of hydrogen-bond acceptors (Lipinski definition) is 3. The van der Waals surface area contributed by atoms with E-state index in [1.54, 1.807) is 0 Å². The van der Waals surface area contributed by atoms with E-state index < -0.39 is 40.5 Å². The standard InChI is InChI=1S/C14H10F5NO2S/c1-23(21)11-7-20-6-10(15)12(11)13(16)8-2-4-9(5-3-8)22-14(17,18)19/h2-7,13H,1H3/t13-,23+/m1/s1. The molecule has 2 aromatic rings. The Bertz CT molecular complexity index is 718. The first-order chi connectivity index (χ1) is 10.7. The lowest BCUT2D eigenvalue weighted by Gasteiger charge is -2.14. The van der Waals surface area contributed by atoms with Crippen LogP contribution in [-0.4, -0.2) is 21.8 Å². The summed E-state index contributed by atoms with van der Waals surface area (Å²) in [5, 5.41) is 0. The zero-order valence-corrected chi connectivity index (χ0v) is 12.4. The van der Waals surface area contributed by atoms with Crippen LogP contribution in [0.2, 0.25) is 0 Å². The van der Waals surface area contributed by atoms with Crippen LogP contribution < -0.4 is 4.74 Å². The molecule has 0 saturated heterocycles. The lowest BCUT2D eigenvalue weighted by Crippen LogP contribution is -2.17. The molecule has 0 fully saturated rings. The van der Waals surface area contributed by atoms with Gasteiger partial charge in [0.2, 0.25) is 0 Å². The van der Waals surface area contributed by atoms with Crippen LogP contribution in [0, 0.1) is 5.82 Å². The van der Waals surface area contributed by atoms with Gasteiger partial charge in [0, 0.05) is 18.0 Å². The summed E-state index contributed by atoms with van der Waals surface area (Å²) in [4.78, 5) is 3.40. The Morgan fingerprint density at radius 3 is 2.30 bits per heavy atom. The van der Waals surface area contributed by atoms with Crippen LogP contribution in [0.4, 0.5) is 22.0 Å². The van der Waals surface area contributed by atoms with E-state index in [-0.39, 0.29) is 10.5 Å². The highest BCUT2D eigenvalue weighted by atomic mass is 32.2. The highest BCUT2D eigenvalue weighted by Gasteiger charge is 2.31. The summed E-state index contributed by atoms with van der Waals surface area (Å²) in [6.07, 6.45) is -3.76. The van der Waals surface area contributed by atoms with Gasteiger partial charge < -0.3 is 4.74 Å². The van der Waals surface area contributed by atoms with Gasteiger partial charge in [0.25, 0.3) is 0 Å². The minimum Gasteiger partial charge on any atom is -0.406 e. The van der Waals surface area contributed by atoms with Crippen LogP contribution in [0.25, 0.3) is 0 Å². The molecule has 2 atom stereocenters. The maximum Gasteiger partial charge on any atom is 0.573 e. The quantitative estimate of drug-likeness (QED) is 0.784. The third-order valence-electron chi connectivity index (χ3n) is 2.87. The number of rotatable bonds is 4. The van der Waals surface area contributed by atoms with E-state index in [1.807, 2.05) is 0 Å². The van der Waals surface area contributed by atoms with Gasteiger partial charge in [-0.15, -0.1) is 13.2 Å². The highest BCUT2D eigenvalue weighted by molar-refractivity contribution is 7.84. The Balaban J connectivity index is 2.35. The average molecular weight is 351 g/mol. The number of ether oxygens (including phenoxy) is 1. The molecule has 0 bridgehead atoms. The summed E-state index contributed by atoms with van der Waals surface area (Å²) < 4.78 is 79.8. The number of benzene rings is 1. The molecular formula is C14H10F5NO2S. The first-order valence-electron chi connectivity index (χ1n) is 6.15. The van der Waals surface area contributed by atoms with E-state index >= 15 is 0 Å². The smallest absolute Gasteiger partial charge is 0.406 e. The molecule has 23 heavy (non-hydrogen) atoms. The second kappa shape index (κ2) is 6.61. The SMILES string of the molecule is C[S@](=O)c1cncc(F)c1[C@H](F)c1ccc(OC(F)(F)F)cc1. The second-order valence-electron chi connectivity index (χ2n) is 4.47. The molecule has 124 valence electrons. The molecule has 9 heteroatoms. The molecule has 3 nitrogen and oxygen atoms in total. The Kier molecular flexibility index (Phi) is 4.98. The fourth-order valence-electron chi connectivity index (χ4n) is 1.91. The van der Waals surface area contributed by atoms with Crippen LogP contribution in [-0.2, 0) is 10.8 Å². The average Bonchev–Trinajstić information content (AvgIpc) is 2.45. The Hall–Kier alpha value is -2.03. The van der Waals surface area contributed by atoms with Crippen LogP contribution in [0.1, 0.15) is 17.3 Å². The summed E-state index contributed by atoms with van der Waals surface area (Å²) in [7, 11) is -1.68. The molecule has 1 heterocycles. The maximum absolute atomic E-state index is 14.6. The lowest BCUT2D eigenvalue weighted by molar-refractivity contribution is -0.274. The van der Waals surface area contributed by atoms with Gasteiger partial charge in [0.15, 0.2) is 6.17 Å². The fraction of sp³-hybridized carbons (Fsp3) is 0.214. The lowest BCUT2D eigenvalue weighted by atomic mass is 10.0. The van der Waals surface area contributed by atoms with Gasteiger partial charge >= 0.3 is 6.36 Å². The van der Waals surface area contributed by atoms with Crippen molar-refractivity contribution in [2.45, 2.75) is 17.4 Å². The monoisotopic (exact) mass is 351 g/mol. The zero-order valence-electron chi connectivity index (χ0n) is 11.6. The highest BCUT2D eigenvalue weighted by Crippen LogP contribution is 2.33. The third kappa shape index (κ3) is 4.25. The van der Waals surface area contributed by atoms with Crippen LogP contribution in [0.3, 0.4) is 0 Å². The maximum atomic E-state index is 14.6. The first kappa shape index (κ1) is 17.3. The van der Waals surface area contributed by atoms with Crippen molar-refractivity contribution in [3.05, 3.63) is 53.6 Å². The molecule has 2 rings (SSSR count). The summed E-state index contributed by atoms with van der Waals surface area (Å²) >= 11 is 0. The van der Waals surface area contributed by atoms with Gasteiger partial charge in [-0.05, 0) is 17.7 Å². The van der Waals surface area contributed by atoms with Crippen LogP contribution in [0.15, 0.2) is 41.6 Å². The molecule has 0 amide bonds. The number of nitrogens with zero attached hydrogens (tertiary/aromatic N) is 1. The normalized spacial score (nSPS) is 14.3. The Morgan fingerprint density at radius 1 is 1.17 bits per heavy atom. The van der Waals surface area contributed by atoms with Crippen molar-refractivity contribution in [3.8, 4) is 5.75 Å². The van der Waals surface area contributed by atoms with Crippen molar-refractivity contribution in [3.63, 3.8) is 0 Å². The van der Waals surface area contributed by atoms with Crippen molar-refractivity contribution in [2.24, 2.45) is 0 Å². The topological polar surface area (TPSA) is 39.2 Å². The largest absolute Gasteiger partial charge is 0.573 e. The summed E-state index contributed by atoms with van der Waals surface area (Å²) in [5.41, 5.74) is -0.554. The van der Waals surface area contributed by atoms with E-state index in [9.17, 15) is 26.2 Å². The molecule has 0 aliphatic heterocycles. The van der Waals surface area contributed by atoms with Crippen molar-refractivity contribution in [1.82, 2.24) is 4.98 Å². The molecule has 0 radical (unpaired) electrons. The second-order valence-corrected chi connectivity index (χ2v) is 5.81. The van der Waals surface area contributed by atoms with Gasteiger partial charge in [0.05, 0.1) is 21.9 Å². The van der Waals surface area contributed by atoms with Gasteiger partial charge in [-0.2, -0.15) is 0 Å². The summed E-state index contributed by atoms with van der Waals surface area (Å²) in [5.74, 6) is -1.51. The van der Waals surface area contributed by atoms with Crippen LogP contribution >= 0.6 is 0 Å². The van der Waals surface area contributed by atoms with Gasteiger partial charge in [0.1, 0.15) is 11.6 Å². The van der Waals surface area contributed by atoms with Crippen LogP contribution in [0.5, 0.6) is 5.75 Å². The summed E-state index contributed by atoms with van der Waals surface area (Å²) in [6.45, 7) is 0. The molecule has 1 aromatic carbocycles. The van der Waals surface area contributed by atoms with Crippen molar-refractivity contribution >= 4 is 10.8 Å². The van der Waals surface area contributed by atoms with E-state index in [0.29, 0.717) is 0 Å². The number of halogens is 5. The molecule has 0 spiro atoms. The first-order valence-corrected chi connectivity index (χ1v) is 7.71. The molecular weight excluding hydrogens is 341 g/mol. The summed E-state index contributed by atoms with van der Waals surface area (Å²) in [6, 6.07) is 3.90. The molecule has 0 unspecified atom stereocenters. The number of pyridine rings is 1. The van der Waals surface area contributed by atoms with Gasteiger partial charge in [-0.3, -0.25) is 9.19 Å². The Labute approximate surface area is 130 Å². The predicted molar refractivity (Wildman–Crippen MR) is 72.6 cm³/mol. The zero-order chi connectivity index (χ0) is 17.2. The third-order valence-corrected chi connectivity index (χ3v) is 3.82. The minimum absolute atomic E-state index is 0.101. The van der Waals surface area contributed by atoms with Crippen molar-refractivity contribution in [2.75, 3.05) is 6.26 Å². The molecule has 0 aliphatic carbocycles. The van der Waals surface area contributed by atoms with E-state index in [2.05, 4.69) is 9.72 Å². The Morgan fingerprint density at radius 2 is 1.78 bits per heavy atom. The number of aromatic nitrogens is 1. The molecule has 0 saturated carbocycles. The molecule has 1 aromatic heterocycles. The minimum atomic E-state index is -4.86. The molecule has 0 aliphatic rings. The number of alkyl halides is 4. The van der Waals surface area contributed by atoms with E-state index in [4.69, 9.17) is 0 Å². The number of hydrogen-bond donors (Lipinski definition) is 0. The van der Waals surface area contributed by atoms with Crippen molar-refractivity contribution in [1.29, 1.82) is 0 Å². The van der Waals surface area contributed by atoms with Gasteiger partial charge in [-0.1, -0.05) is 12.1 Å². The fourth-order valence-corrected chi connectivity index (χ4v) is 2.63. The molecule has 0 N–H and O–H groups in total. The van der Waals surface area contributed by atoms with E-state index in [1.165, 1.54) is 6.26 Å². The predicted octanol–water partition coefficient (Wildman–Crippen LogP) is 3.92.